The molecule has 6 heteroatoms. The number of carbonyl (C=O) groups is 1. The van der Waals surface area contributed by atoms with Gasteiger partial charge >= 0.3 is 5.97 Å². The standard InChI is InChI=1S/C15H19N3O3/c1-21-14-3-2-12(9-16)8-13(14)10-17-4-6-18(7-5-17)11-15(19)20/h2-3,8H,4-7,10-11H2,1H3,(H,19,20). The molecule has 0 saturated carbocycles. The van der Waals surface area contributed by atoms with Crippen LogP contribution in [0, 0.1) is 11.3 Å². The Hall–Kier alpha value is -2.10. The molecule has 1 fully saturated rings. The SMILES string of the molecule is COc1ccc(C#N)cc1CN1CCN(CC(=O)O)CC1. The van der Waals surface area contributed by atoms with Crippen molar-refractivity contribution in [2.24, 2.45) is 0 Å². The molecule has 0 radical (unpaired) electrons. The van der Waals surface area contributed by atoms with Gasteiger partial charge < -0.3 is 9.84 Å². The Morgan fingerprint density at radius 3 is 2.57 bits per heavy atom. The first-order valence-electron chi connectivity index (χ1n) is 6.86. The van der Waals surface area contributed by atoms with Crippen LogP contribution in [0.25, 0.3) is 0 Å². The third-order valence-electron chi connectivity index (χ3n) is 3.63. The van der Waals surface area contributed by atoms with E-state index in [0.29, 0.717) is 12.1 Å². The molecule has 0 amide bonds. The van der Waals surface area contributed by atoms with Gasteiger partial charge in [-0.3, -0.25) is 14.6 Å². The molecule has 1 N–H and O–H groups in total. The van der Waals surface area contributed by atoms with Crippen LogP contribution in [0.5, 0.6) is 5.75 Å². The molecule has 0 aromatic heterocycles. The monoisotopic (exact) mass is 289 g/mol. The lowest BCUT2D eigenvalue weighted by molar-refractivity contribution is -0.138. The number of rotatable bonds is 5. The van der Waals surface area contributed by atoms with E-state index in [1.807, 2.05) is 17.0 Å². The first-order chi connectivity index (χ1) is 10.1. The summed E-state index contributed by atoms with van der Waals surface area (Å²) in [6, 6.07) is 7.54. The second kappa shape index (κ2) is 7.07. The van der Waals surface area contributed by atoms with Crippen molar-refractivity contribution >= 4 is 5.97 Å². The van der Waals surface area contributed by atoms with Crippen molar-refractivity contribution in [3.05, 3.63) is 29.3 Å². The summed E-state index contributed by atoms with van der Waals surface area (Å²) in [5, 5.41) is 17.8. The normalized spacial score (nSPS) is 16.4. The van der Waals surface area contributed by atoms with Gasteiger partial charge in [-0.2, -0.15) is 5.26 Å². The summed E-state index contributed by atoms with van der Waals surface area (Å²) < 4.78 is 5.34. The lowest BCUT2D eigenvalue weighted by atomic mass is 10.1. The Kier molecular flexibility index (Phi) is 5.14. The van der Waals surface area contributed by atoms with Gasteiger partial charge in [-0.15, -0.1) is 0 Å². The first kappa shape index (κ1) is 15.3. The van der Waals surface area contributed by atoms with E-state index in [9.17, 15) is 4.79 Å². The highest BCUT2D eigenvalue weighted by Gasteiger charge is 2.19. The van der Waals surface area contributed by atoms with Crippen molar-refractivity contribution in [1.82, 2.24) is 9.80 Å². The average Bonchev–Trinajstić information content (AvgIpc) is 2.48. The molecule has 1 heterocycles. The zero-order chi connectivity index (χ0) is 15.2. The predicted octanol–water partition coefficient (Wildman–Crippen LogP) is 0.769. The van der Waals surface area contributed by atoms with Crippen LogP contribution in [0.4, 0.5) is 0 Å². The number of nitrogens with zero attached hydrogens (tertiary/aromatic N) is 3. The summed E-state index contributed by atoms with van der Waals surface area (Å²) >= 11 is 0. The van der Waals surface area contributed by atoms with Crippen molar-refractivity contribution in [2.45, 2.75) is 6.54 Å². The fraction of sp³-hybridized carbons (Fsp3) is 0.467. The summed E-state index contributed by atoms with van der Waals surface area (Å²) in [5.41, 5.74) is 1.61. The highest BCUT2D eigenvalue weighted by Crippen LogP contribution is 2.22. The number of carboxylic acid groups (broad SMARTS) is 1. The minimum Gasteiger partial charge on any atom is -0.496 e. The van der Waals surface area contributed by atoms with Crippen molar-refractivity contribution in [2.75, 3.05) is 39.8 Å². The summed E-state index contributed by atoms with van der Waals surface area (Å²) in [4.78, 5) is 14.9. The molecular weight excluding hydrogens is 270 g/mol. The topological polar surface area (TPSA) is 76.8 Å². The van der Waals surface area contributed by atoms with E-state index in [0.717, 1.165) is 37.5 Å². The molecule has 1 saturated heterocycles. The van der Waals surface area contributed by atoms with Gasteiger partial charge in [-0.25, -0.2) is 0 Å². The van der Waals surface area contributed by atoms with E-state index in [1.165, 1.54) is 0 Å². The molecule has 0 bridgehead atoms. The molecule has 6 nitrogen and oxygen atoms in total. The van der Waals surface area contributed by atoms with Gasteiger partial charge in [0.05, 0.1) is 25.3 Å². The fourth-order valence-electron chi connectivity index (χ4n) is 2.51. The van der Waals surface area contributed by atoms with Crippen molar-refractivity contribution in [1.29, 1.82) is 5.26 Å². The van der Waals surface area contributed by atoms with Crippen LogP contribution >= 0.6 is 0 Å². The maximum atomic E-state index is 10.7. The molecule has 0 spiro atoms. The Bertz CT molecular complexity index is 546. The number of hydrogen-bond donors (Lipinski definition) is 1. The van der Waals surface area contributed by atoms with Crippen LogP contribution in [0.3, 0.4) is 0 Å². The first-order valence-corrected chi connectivity index (χ1v) is 6.86. The number of benzene rings is 1. The van der Waals surface area contributed by atoms with Crippen LogP contribution in [0.2, 0.25) is 0 Å². The number of ether oxygens (including phenoxy) is 1. The van der Waals surface area contributed by atoms with Crippen molar-refractivity contribution < 1.29 is 14.6 Å². The molecular formula is C15H19N3O3. The number of hydrogen-bond acceptors (Lipinski definition) is 5. The van der Waals surface area contributed by atoms with E-state index < -0.39 is 5.97 Å². The van der Waals surface area contributed by atoms with Gasteiger partial charge in [0.25, 0.3) is 0 Å². The molecule has 1 aromatic rings. The Labute approximate surface area is 124 Å². The molecule has 0 atom stereocenters. The quantitative estimate of drug-likeness (QED) is 0.863. The van der Waals surface area contributed by atoms with E-state index in [2.05, 4.69) is 11.0 Å². The van der Waals surface area contributed by atoms with Gasteiger partial charge in [-0.05, 0) is 18.2 Å². The van der Waals surface area contributed by atoms with Crippen molar-refractivity contribution in [3.8, 4) is 11.8 Å². The van der Waals surface area contributed by atoms with Crippen LogP contribution in [-0.2, 0) is 11.3 Å². The van der Waals surface area contributed by atoms with Crippen LogP contribution in [0.1, 0.15) is 11.1 Å². The van der Waals surface area contributed by atoms with Crippen LogP contribution in [-0.4, -0.2) is 60.7 Å². The average molecular weight is 289 g/mol. The molecule has 1 aromatic carbocycles. The van der Waals surface area contributed by atoms with Gasteiger partial charge in [0.2, 0.25) is 0 Å². The van der Waals surface area contributed by atoms with Gasteiger partial charge in [0.1, 0.15) is 5.75 Å². The fourth-order valence-corrected chi connectivity index (χ4v) is 2.51. The molecule has 112 valence electrons. The lowest BCUT2D eigenvalue weighted by Crippen LogP contribution is -2.47. The maximum Gasteiger partial charge on any atom is 0.317 e. The largest absolute Gasteiger partial charge is 0.496 e. The van der Waals surface area contributed by atoms with Crippen LogP contribution < -0.4 is 4.74 Å². The van der Waals surface area contributed by atoms with E-state index >= 15 is 0 Å². The lowest BCUT2D eigenvalue weighted by Gasteiger charge is -2.34. The Morgan fingerprint density at radius 1 is 1.33 bits per heavy atom. The molecule has 1 aliphatic heterocycles. The highest BCUT2D eigenvalue weighted by molar-refractivity contribution is 5.69. The predicted molar refractivity (Wildman–Crippen MR) is 77.1 cm³/mol. The molecule has 1 aliphatic rings. The second-order valence-electron chi connectivity index (χ2n) is 5.08. The van der Waals surface area contributed by atoms with E-state index in [4.69, 9.17) is 15.1 Å². The third-order valence-corrected chi connectivity index (χ3v) is 3.63. The van der Waals surface area contributed by atoms with Gasteiger partial charge in [-0.1, -0.05) is 0 Å². The molecule has 0 aliphatic carbocycles. The Balaban J connectivity index is 1.97. The summed E-state index contributed by atoms with van der Waals surface area (Å²) in [7, 11) is 1.62. The molecule has 21 heavy (non-hydrogen) atoms. The number of aliphatic carboxylic acids is 1. The summed E-state index contributed by atoms with van der Waals surface area (Å²) in [6.07, 6.45) is 0. The van der Waals surface area contributed by atoms with E-state index in [-0.39, 0.29) is 6.54 Å². The second-order valence-corrected chi connectivity index (χ2v) is 5.08. The number of nitriles is 1. The zero-order valence-electron chi connectivity index (χ0n) is 12.1. The third kappa shape index (κ3) is 4.18. The van der Waals surface area contributed by atoms with Gasteiger partial charge in [0.15, 0.2) is 0 Å². The number of methoxy groups -OCH3 is 1. The smallest absolute Gasteiger partial charge is 0.317 e. The minimum atomic E-state index is -0.785. The summed E-state index contributed by atoms with van der Waals surface area (Å²) in [6.45, 7) is 3.92. The van der Waals surface area contributed by atoms with E-state index in [1.54, 1.807) is 13.2 Å². The van der Waals surface area contributed by atoms with Gasteiger partial charge in [0, 0.05) is 38.3 Å². The molecule has 2 rings (SSSR count). The number of carboxylic acids is 1. The number of piperazine rings is 1. The minimum absolute atomic E-state index is 0.0983. The maximum absolute atomic E-state index is 10.7. The highest BCUT2D eigenvalue weighted by atomic mass is 16.5. The molecule has 0 unspecified atom stereocenters. The summed E-state index contributed by atoms with van der Waals surface area (Å²) in [5.74, 6) is -0.00574. The van der Waals surface area contributed by atoms with Crippen LogP contribution in [0.15, 0.2) is 18.2 Å². The van der Waals surface area contributed by atoms with Crippen molar-refractivity contribution in [3.63, 3.8) is 0 Å². The Morgan fingerprint density at radius 2 is 2.00 bits per heavy atom. The zero-order valence-corrected chi connectivity index (χ0v) is 12.1.